The van der Waals surface area contributed by atoms with E-state index >= 15 is 0 Å². The van der Waals surface area contributed by atoms with Crippen LogP contribution in [0.25, 0.3) is 22.1 Å². The second-order valence-corrected chi connectivity index (χ2v) is 11.9. The van der Waals surface area contributed by atoms with Crippen LogP contribution < -0.4 is 25.1 Å². The van der Waals surface area contributed by atoms with Crippen molar-refractivity contribution < 1.29 is 17.9 Å². The molecule has 1 fully saturated rings. The Kier molecular flexibility index (Phi) is 6.19. The standard InChI is InChI=1S/C30H25N7O5S/c1-3-18-10-13-22-24-21(16-42-22)26(37(30(39)23(18)24)20-8-5-4-6-9-20)17(2)32-29(38)25-27(33-36-15-7-14-31-28(25)36)35-43(40,41)34-19-11-12-19/h1,4-10,13-15,17,19,34H,11-12,16H2,2H3,(H,32,38)(H,33,35)/t17-/m1/s1. The topological polar surface area (TPSA) is 149 Å². The Morgan fingerprint density at radius 3 is 2.67 bits per heavy atom. The molecule has 2 aromatic carbocycles. The SMILES string of the molecule is C#Cc1ccc2c3c(c([C@@H](C)NC(=O)c4c(NS(=O)(=O)NC5CC5)nn5cccnc45)n(-c4ccccc4)c(=O)c13)CO2. The first-order chi connectivity index (χ1) is 20.8. The number of carbonyl (C=O) groups excluding carboxylic acids is 1. The number of aromatic nitrogens is 4. The Morgan fingerprint density at radius 1 is 1.14 bits per heavy atom. The molecule has 43 heavy (non-hydrogen) atoms. The van der Waals surface area contributed by atoms with Gasteiger partial charge in [0.2, 0.25) is 0 Å². The smallest absolute Gasteiger partial charge is 0.300 e. The van der Waals surface area contributed by atoms with Crippen molar-refractivity contribution in [2.24, 2.45) is 0 Å². The number of amides is 1. The molecule has 2 aliphatic rings. The minimum Gasteiger partial charge on any atom is -0.488 e. The highest BCUT2D eigenvalue weighted by atomic mass is 32.2. The summed E-state index contributed by atoms with van der Waals surface area (Å²) in [5.41, 5.74) is 1.99. The van der Waals surface area contributed by atoms with E-state index in [2.05, 4.69) is 30.8 Å². The van der Waals surface area contributed by atoms with Gasteiger partial charge in [0.25, 0.3) is 11.5 Å². The Hall–Kier alpha value is -5.19. The Balaban J connectivity index is 1.35. The van der Waals surface area contributed by atoms with E-state index in [1.165, 1.54) is 10.7 Å². The Bertz CT molecular complexity index is 2160. The van der Waals surface area contributed by atoms with Gasteiger partial charge < -0.3 is 10.1 Å². The van der Waals surface area contributed by atoms with Crippen LogP contribution >= 0.6 is 0 Å². The molecule has 216 valence electrons. The van der Waals surface area contributed by atoms with Crippen molar-refractivity contribution in [3.05, 3.63) is 93.7 Å². The number of para-hydroxylation sites is 1. The Morgan fingerprint density at radius 2 is 1.93 bits per heavy atom. The van der Waals surface area contributed by atoms with E-state index in [1.54, 1.807) is 48.0 Å². The minimum atomic E-state index is -4.00. The number of hydrogen-bond acceptors (Lipinski definition) is 7. The third-order valence-electron chi connectivity index (χ3n) is 7.49. The van der Waals surface area contributed by atoms with Gasteiger partial charge in [-0.1, -0.05) is 24.1 Å². The van der Waals surface area contributed by atoms with E-state index in [-0.39, 0.29) is 35.2 Å². The highest BCUT2D eigenvalue weighted by molar-refractivity contribution is 7.90. The number of nitrogens with zero attached hydrogens (tertiary/aromatic N) is 4. The molecule has 3 N–H and O–H groups in total. The van der Waals surface area contributed by atoms with Crippen LogP contribution in [0.2, 0.25) is 0 Å². The second kappa shape index (κ2) is 9.97. The van der Waals surface area contributed by atoms with Gasteiger partial charge in [-0.25, -0.2) is 9.50 Å². The van der Waals surface area contributed by atoms with E-state index in [4.69, 9.17) is 11.2 Å². The van der Waals surface area contributed by atoms with Crippen LogP contribution in [-0.4, -0.2) is 39.5 Å². The van der Waals surface area contributed by atoms with E-state index in [1.807, 2.05) is 18.2 Å². The van der Waals surface area contributed by atoms with Gasteiger partial charge in [0.1, 0.15) is 17.9 Å². The summed E-state index contributed by atoms with van der Waals surface area (Å²) in [5, 5.41) is 8.21. The summed E-state index contributed by atoms with van der Waals surface area (Å²) < 4.78 is 39.3. The van der Waals surface area contributed by atoms with Gasteiger partial charge in [0, 0.05) is 40.6 Å². The molecule has 1 saturated carbocycles. The van der Waals surface area contributed by atoms with Crippen molar-refractivity contribution >= 4 is 38.4 Å². The first kappa shape index (κ1) is 26.7. The van der Waals surface area contributed by atoms with Crippen LogP contribution in [0.3, 0.4) is 0 Å². The summed E-state index contributed by atoms with van der Waals surface area (Å²) in [6.07, 6.45) is 10.3. The largest absolute Gasteiger partial charge is 0.488 e. The molecule has 0 bridgehead atoms. The van der Waals surface area contributed by atoms with Gasteiger partial charge in [-0.05, 0) is 50.1 Å². The molecule has 0 unspecified atom stereocenters. The molecule has 1 atom stereocenters. The predicted molar refractivity (Wildman–Crippen MR) is 159 cm³/mol. The van der Waals surface area contributed by atoms with Crippen LogP contribution in [0.15, 0.2) is 65.7 Å². The second-order valence-electron chi connectivity index (χ2n) is 10.4. The minimum absolute atomic E-state index is 0.0639. The van der Waals surface area contributed by atoms with Crippen molar-refractivity contribution in [1.82, 2.24) is 29.2 Å². The normalized spacial score (nSPS) is 14.8. The van der Waals surface area contributed by atoms with Crippen molar-refractivity contribution in [3.8, 4) is 23.8 Å². The number of anilines is 1. The molecule has 5 aromatic rings. The molecular formula is C30H25N7O5S. The summed E-state index contributed by atoms with van der Waals surface area (Å²) in [6, 6.07) is 13.2. The number of rotatable bonds is 8. The fraction of sp³-hybridized carbons (Fsp3) is 0.200. The van der Waals surface area contributed by atoms with Crippen molar-refractivity contribution in [1.29, 1.82) is 0 Å². The summed E-state index contributed by atoms with van der Waals surface area (Å²) in [5.74, 6) is 2.33. The lowest BCUT2D eigenvalue weighted by atomic mass is 9.97. The summed E-state index contributed by atoms with van der Waals surface area (Å²) in [7, 11) is -4.00. The number of benzene rings is 2. The molecule has 7 rings (SSSR count). The number of fused-ring (bicyclic) bond motifs is 1. The molecule has 1 aliphatic carbocycles. The van der Waals surface area contributed by atoms with Crippen molar-refractivity contribution in [2.75, 3.05) is 4.72 Å². The number of ether oxygens (including phenoxy) is 1. The third-order valence-corrected chi connectivity index (χ3v) is 8.59. The van der Waals surface area contributed by atoms with Gasteiger partial charge >= 0.3 is 10.2 Å². The van der Waals surface area contributed by atoms with E-state index < -0.39 is 22.2 Å². The van der Waals surface area contributed by atoms with Gasteiger partial charge in [-0.3, -0.25) is 18.9 Å². The average Bonchev–Trinajstić information content (AvgIpc) is 3.57. The quantitative estimate of drug-likeness (QED) is 0.234. The zero-order chi connectivity index (χ0) is 29.9. The van der Waals surface area contributed by atoms with Gasteiger partial charge in [0.05, 0.1) is 17.1 Å². The molecule has 1 amide bonds. The molecule has 0 saturated heterocycles. The van der Waals surface area contributed by atoms with Crippen LogP contribution in [0.1, 0.15) is 53.0 Å². The zero-order valence-corrected chi connectivity index (χ0v) is 23.7. The van der Waals surface area contributed by atoms with Crippen LogP contribution in [-0.2, 0) is 16.8 Å². The lowest BCUT2D eigenvalue weighted by Gasteiger charge is -2.23. The Labute approximate surface area is 245 Å². The first-order valence-electron chi connectivity index (χ1n) is 13.6. The third kappa shape index (κ3) is 4.57. The number of nitrogens with one attached hydrogen (secondary N) is 3. The van der Waals surface area contributed by atoms with Crippen molar-refractivity contribution in [2.45, 2.75) is 38.5 Å². The van der Waals surface area contributed by atoms with Gasteiger partial charge in [-0.15, -0.1) is 11.5 Å². The molecule has 12 nitrogen and oxygen atoms in total. The fourth-order valence-corrected chi connectivity index (χ4v) is 6.63. The molecule has 1 aliphatic heterocycles. The lowest BCUT2D eigenvalue weighted by Crippen LogP contribution is -2.35. The van der Waals surface area contributed by atoms with Gasteiger partial charge in [0.15, 0.2) is 11.5 Å². The molecule has 0 spiro atoms. The summed E-state index contributed by atoms with van der Waals surface area (Å²) >= 11 is 0. The maximum atomic E-state index is 14.2. The molecule has 0 radical (unpaired) electrons. The van der Waals surface area contributed by atoms with E-state index in [0.717, 1.165) is 12.8 Å². The fourth-order valence-electron chi connectivity index (χ4n) is 5.50. The molecular weight excluding hydrogens is 570 g/mol. The predicted octanol–water partition coefficient (Wildman–Crippen LogP) is 2.81. The van der Waals surface area contributed by atoms with Crippen LogP contribution in [0.4, 0.5) is 5.82 Å². The van der Waals surface area contributed by atoms with E-state index in [9.17, 15) is 18.0 Å². The molecule has 4 heterocycles. The summed E-state index contributed by atoms with van der Waals surface area (Å²) in [4.78, 5) is 32.4. The maximum Gasteiger partial charge on any atom is 0.300 e. The average molecular weight is 596 g/mol. The van der Waals surface area contributed by atoms with Crippen LogP contribution in [0, 0.1) is 12.3 Å². The number of carbonyl (C=O) groups is 1. The maximum absolute atomic E-state index is 14.2. The molecule has 3 aromatic heterocycles. The number of hydrogen-bond donors (Lipinski definition) is 3. The lowest BCUT2D eigenvalue weighted by molar-refractivity contribution is 0.0940. The highest BCUT2D eigenvalue weighted by Crippen LogP contribution is 2.39. The zero-order valence-electron chi connectivity index (χ0n) is 22.9. The van der Waals surface area contributed by atoms with E-state index in [0.29, 0.717) is 39.0 Å². The van der Waals surface area contributed by atoms with Crippen molar-refractivity contribution in [3.63, 3.8) is 0 Å². The summed E-state index contributed by atoms with van der Waals surface area (Å²) in [6.45, 7) is 1.91. The van der Waals surface area contributed by atoms with Gasteiger partial charge in [-0.2, -0.15) is 13.1 Å². The molecule has 13 heteroatoms. The first-order valence-corrected chi connectivity index (χ1v) is 15.1. The highest BCUT2D eigenvalue weighted by Gasteiger charge is 2.33. The van der Waals surface area contributed by atoms with Crippen LogP contribution in [0.5, 0.6) is 5.75 Å². The monoisotopic (exact) mass is 595 g/mol. The number of pyridine rings is 1. The number of terminal acetylenes is 1.